The zero-order valence-electron chi connectivity index (χ0n) is 9.77. The van der Waals surface area contributed by atoms with Crippen LogP contribution in [0.3, 0.4) is 0 Å². The lowest BCUT2D eigenvalue weighted by Crippen LogP contribution is -2.06. The van der Waals surface area contributed by atoms with Crippen molar-refractivity contribution in [2.45, 2.75) is 25.8 Å². The summed E-state index contributed by atoms with van der Waals surface area (Å²) < 4.78 is 0. The molecule has 1 aliphatic carbocycles. The molecule has 0 saturated heterocycles. The van der Waals surface area contributed by atoms with Crippen LogP contribution in [0, 0.1) is 5.41 Å². The first kappa shape index (κ1) is 9.86. The fourth-order valence-electron chi connectivity index (χ4n) is 2.79. The highest BCUT2D eigenvalue weighted by molar-refractivity contribution is 5.86. The van der Waals surface area contributed by atoms with Crippen molar-refractivity contribution in [3.63, 3.8) is 0 Å². The second-order valence-electron chi connectivity index (χ2n) is 5.39. The minimum atomic E-state index is 0.254. The molecule has 0 unspecified atom stereocenters. The molecule has 2 atom stereocenters. The largest absolute Gasteiger partial charge is 0.327 e. The van der Waals surface area contributed by atoms with E-state index < -0.39 is 0 Å². The van der Waals surface area contributed by atoms with E-state index in [1.54, 1.807) is 0 Å². The lowest BCUT2D eigenvalue weighted by molar-refractivity contribution is 0.600. The summed E-state index contributed by atoms with van der Waals surface area (Å²) in [4.78, 5) is 0. The standard InChI is InChI=1S/C15H17N/c1-15(2)13(14(15)16)12-9-5-7-10-6-3-4-8-11(10)12/h3-9,13-14H,16H2,1-2H3/t13-,14-/m0/s1. The maximum absolute atomic E-state index is 6.17. The van der Waals surface area contributed by atoms with E-state index in [9.17, 15) is 0 Å². The number of benzene rings is 2. The van der Waals surface area contributed by atoms with Crippen molar-refractivity contribution in [1.82, 2.24) is 0 Å². The van der Waals surface area contributed by atoms with E-state index in [0.717, 1.165) is 0 Å². The molecule has 0 amide bonds. The number of nitrogens with two attached hydrogens (primary N) is 1. The summed E-state index contributed by atoms with van der Waals surface area (Å²) in [5.74, 6) is 0.513. The van der Waals surface area contributed by atoms with Gasteiger partial charge in [-0.1, -0.05) is 56.3 Å². The van der Waals surface area contributed by atoms with Gasteiger partial charge in [0.05, 0.1) is 0 Å². The average Bonchev–Trinajstić information content (AvgIpc) is 2.77. The van der Waals surface area contributed by atoms with Crippen molar-refractivity contribution in [2.24, 2.45) is 11.1 Å². The molecule has 0 heterocycles. The van der Waals surface area contributed by atoms with Gasteiger partial charge in [0.25, 0.3) is 0 Å². The zero-order chi connectivity index (χ0) is 11.3. The van der Waals surface area contributed by atoms with E-state index in [0.29, 0.717) is 12.0 Å². The molecule has 3 rings (SSSR count). The first-order chi connectivity index (χ1) is 7.62. The van der Waals surface area contributed by atoms with E-state index in [1.165, 1.54) is 16.3 Å². The molecule has 1 heteroatoms. The maximum atomic E-state index is 6.17. The monoisotopic (exact) mass is 211 g/mol. The summed E-state index contributed by atoms with van der Waals surface area (Å²) in [6.07, 6.45) is 0. The van der Waals surface area contributed by atoms with Gasteiger partial charge in [-0.3, -0.25) is 0 Å². The van der Waals surface area contributed by atoms with Crippen LogP contribution >= 0.6 is 0 Å². The predicted octanol–water partition coefficient (Wildman–Crippen LogP) is 3.29. The minimum Gasteiger partial charge on any atom is -0.327 e. The van der Waals surface area contributed by atoms with Gasteiger partial charge >= 0.3 is 0 Å². The van der Waals surface area contributed by atoms with E-state index in [2.05, 4.69) is 56.3 Å². The van der Waals surface area contributed by atoms with Gasteiger partial charge in [-0.05, 0) is 21.8 Å². The van der Waals surface area contributed by atoms with Crippen molar-refractivity contribution < 1.29 is 0 Å². The summed E-state index contributed by atoms with van der Waals surface area (Å²) in [6.45, 7) is 4.51. The van der Waals surface area contributed by atoms with Crippen LogP contribution in [-0.4, -0.2) is 6.04 Å². The summed E-state index contributed by atoms with van der Waals surface area (Å²) in [6, 6.07) is 15.4. The summed E-state index contributed by atoms with van der Waals surface area (Å²) in [5, 5.41) is 2.67. The SMILES string of the molecule is CC1(C)[C@@H](N)[C@@H]1c1cccc2ccccc12. The molecule has 16 heavy (non-hydrogen) atoms. The lowest BCUT2D eigenvalue weighted by atomic mass is 9.97. The molecule has 0 spiro atoms. The number of fused-ring (bicyclic) bond motifs is 1. The molecule has 82 valence electrons. The Morgan fingerprint density at radius 3 is 2.31 bits per heavy atom. The molecule has 0 radical (unpaired) electrons. The van der Waals surface area contributed by atoms with Crippen molar-refractivity contribution in [3.05, 3.63) is 48.0 Å². The highest BCUT2D eigenvalue weighted by Gasteiger charge is 2.56. The first-order valence-electron chi connectivity index (χ1n) is 5.85. The fourth-order valence-corrected chi connectivity index (χ4v) is 2.79. The summed E-state index contributed by atoms with van der Waals surface area (Å²) in [5.41, 5.74) is 7.83. The van der Waals surface area contributed by atoms with Crippen LogP contribution in [0.4, 0.5) is 0 Å². The molecule has 1 saturated carbocycles. The maximum Gasteiger partial charge on any atom is 0.0172 e. The molecular formula is C15H17N. The highest BCUT2D eigenvalue weighted by atomic mass is 14.8. The normalized spacial score (nSPS) is 26.9. The van der Waals surface area contributed by atoms with Crippen LogP contribution in [-0.2, 0) is 0 Å². The highest BCUT2D eigenvalue weighted by Crippen LogP contribution is 2.58. The van der Waals surface area contributed by atoms with Gasteiger partial charge in [-0.15, -0.1) is 0 Å². The van der Waals surface area contributed by atoms with Crippen LogP contribution in [0.5, 0.6) is 0 Å². The topological polar surface area (TPSA) is 26.0 Å². The van der Waals surface area contributed by atoms with E-state index in [1.807, 2.05) is 0 Å². The van der Waals surface area contributed by atoms with Crippen molar-refractivity contribution >= 4 is 10.8 Å². The van der Waals surface area contributed by atoms with Gasteiger partial charge in [0, 0.05) is 12.0 Å². The van der Waals surface area contributed by atoms with Gasteiger partial charge in [-0.25, -0.2) is 0 Å². The molecule has 0 aliphatic heterocycles. The molecule has 1 fully saturated rings. The third-order valence-electron chi connectivity index (χ3n) is 4.07. The number of hydrogen-bond acceptors (Lipinski definition) is 1. The molecule has 0 aromatic heterocycles. The Morgan fingerprint density at radius 1 is 1.00 bits per heavy atom. The van der Waals surface area contributed by atoms with Gasteiger partial charge in [-0.2, -0.15) is 0 Å². The summed E-state index contributed by atoms with van der Waals surface area (Å²) >= 11 is 0. The average molecular weight is 211 g/mol. The molecule has 1 nitrogen and oxygen atoms in total. The molecule has 0 bridgehead atoms. The van der Waals surface area contributed by atoms with Crippen LogP contribution in [0.15, 0.2) is 42.5 Å². The Bertz CT molecular complexity index is 537. The van der Waals surface area contributed by atoms with Gasteiger partial charge in [0.15, 0.2) is 0 Å². The third kappa shape index (κ3) is 1.21. The molecule has 2 aromatic carbocycles. The fraction of sp³-hybridized carbons (Fsp3) is 0.333. The smallest absolute Gasteiger partial charge is 0.0172 e. The number of rotatable bonds is 1. The van der Waals surface area contributed by atoms with Crippen molar-refractivity contribution in [2.75, 3.05) is 0 Å². The Kier molecular flexibility index (Phi) is 1.90. The Hall–Kier alpha value is -1.34. The zero-order valence-corrected chi connectivity index (χ0v) is 9.77. The Balaban J connectivity index is 2.19. The van der Waals surface area contributed by atoms with E-state index in [-0.39, 0.29) is 5.41 Å². The first-order valence-corrected chi connectivity index (χ1v) is 5.85. The predicted molar refractivity (Wildman–Crippen MR) is 68.4 cm³/mol. The minimum absolute atomic E-state index is 0.254. The van der Waals surface area contributed by atoms with Crippen LogP contribution in [0.2, 0.25) is 0 Å². The second kappa shape index (κ2) is 3.08. The van der Waals surface area contributed by atoms with Crippen LogP contribution in [0.25, 0.3) is 10.8 Å². The van der Waals surface area contributed by atoms with Crippen LogP contribution in [0.1, 0.15) is 25.3 Å². The van der Waals surface area contributed by atoms with Crippen LogP contribution < -0.4 is 5.73 Å². The lowest BCUT2D eigenvalue weighted by Gasteiger charge is -2.07. The van der Waals surface area contributed by atoms with Crippen molar-refractivity contribution in [1.29, 1.82) is 0 Å². The number of hydrogen-bond donors (Lipinski definition) is 1. The quantitative estimate of drug-likeness (QED) is 0.769. The third-order valence-corrected chi connectivity index (χ3v) is 4.07. The summed E-state index contributed by atoms with van der Waals surface area (Å²) in [7, 11) is 0. The van der Waals surface area contributed by atoms with Gasteiger partial charge < -0.3 is 5.73 Å². The molecular weight excluding hydrogens is 194 g/mol. The Labute approximate surface area is 96.3 Å². The van der Waals surface area contributed by atoms with E-state index >= 15 is 0 Å². The van der Waals surface area contributed by atoms with Gasteiger partial charge in [0.1, 0.15) is 0 Å². The molecule has 1 aliphatic rings. The van der Waals surface area contributed by atoms with Crippen molar-refractivity contribution in [3.8, 4) is 0 Å². The van der Waals surface area contributed by atoms with E-state index in [4.69, 9.17) is 5.73 Å². The molecule has 2 N–H and O–H groups in total. The second-order valence-corrected chi connectivity index (χ2v) is 5.39. The Morgan fingerprint density at radius 2 is 1.62 bits per heavy atom. The molecule has 2 aromatic rings. The van der Waals surface area contributed by atoms with Gasteiger partial charge in [0.2, 0.25) is 0 Å².